The van der Waals surface area contributed by atoms with Crippen LogP contribution in [0, 0.1) is 13.8 Å². The Labute approximate surface area is 172 Å². The summed E-state index contributed by atoms with van der Waals surface area (Å²) < 4.78 is 1.10. The predicted octanol–water partition coefficient (Wildman–Crippen LogP) is 5.81. The first-order chi connectivity index (χ1) is 13.5. The fourth-order valence-electron chi connectivity index (χ4n) is 2.99. The van der Waals surface area contributed by atoms with E-state index in [1.54, 1.807) is 35.4 Å². The molecular weight excluding hydrogens is 390 g/mol. The van der Waals surface area contributed by atoms with Crippen molar-refractivity contribution in [3.8, 4) is 0 Å². The van der Waals surface area contributed by atoms with E-state index in [0.29, 0.717) is 22.3 Å². The van der Waals surface area contributed by atoms with Crippen molar-refractivity contribution in [1.29, 1.82) is 0 Å². The summed E-state index contributed by atoms with van der Waals surface area (Å²) in [6.07, 6.45) is 1.73. The zero-order chi connectivity index (χ0) is 19.7. The van der Waals surface area contributed by atoms with E-state index < -0.39 is 0 Å². The van der Waals surface area contributed by atoms with Gasteiger partial charge in [0.1, 0.15) is 0 Å². The number of carbonyl (C=O) groups is 1. The Bertz CT molecular complexity index is 1100. The monoisotopic (exact) mass is 407 g/mol. The van der Waals surface area contributed by atoms with Crippen LogP contribution in [0.3, 0.4) is 0 Å². The largest absolute Gasteiger partial charge is 0.278 e. The van der Waals surface area contributed by atoms with Crippen LogP contribution in [-0.2, 0) is 6.54 Å². The molecule has 0 atom stereocenters. The van der Waals surface area contributed by atoms with Crippen molar-refractivity contribution >= 4 is 44.2 Å². The van der Waals surface area contributed by atoms with Crippen molar-refractivity contribution in [2.75, 3.05) is 4.90 Å². The molecule has 2 heterocycles. The minimum atomic E-state index is -0.128. The topological polar surface area (TPSA) is 46.1 Å². The number of aromatic nitrogens is 2. The molecule has 140 valence electrons. The quantitative estimate of drug-likeness (QED) is 0.429. The Balaban J connectivity index is 1.80. The molecule has 0 fully saturated rings. The highest BCUT2D eigenvalue weighted by molar-refractivity contribution is 7.22. The summed E-state index contributed by atoms with van der Waals surface area (Å²) in [4.78, 5) is 24.2. The number of aryl methyl sites for hydroxylation is 2. The van der Waals surface area contributed by atoms with Gasteiger partial charge in [0.25, 0.3) is 5.91 Å². The number of pyridine rings is 1. The lowest BCUT2D eigenvalue weighted by atomic mass is 10.1. The van der Waals surface area contributed by atoms with Crippen molar-refractivity contribution in [3.63, 3.8) is 0 Å². The van der Waals surface area contributed by atoms with Crippen LogP contribution in [0.15, 0.2) is 60.8 Å². The number of benzene rings is 2. The molecule has 4 nitrogen and oxygen atoms in total. The van der Waals surface area contributed by atoms with Gasteiger partial charge in [-0.05, 0) is 61.4 Å². The Morgan fingerprint density at radius 1 is 1.04 bits per heavy atom. The average molecular weight is 408 g/mol. The molecule has 4 rings (SSSR count). The van der Waals surface area contributed by atoms with Gasteiger partial charge < -0.3 is 0 Å². The zero-order valence-corrected chi connectivity index (χ0v) is 17.1. The first-order valence-electron chi connectivity index (χ1n) is 8.87. The lowest BCUT2D eigenvalue weighted by Gasteiger charge is -2.19. The molecular formula is C22H18ClN3OS. The maximum absolute atomic E-state index is 13.3. The molecule has 0 aliphatic heterocycles. The number of hydrogen-bond acceptors (Lipinski definition) is 4. The summed E-state index contributed by atoms with van der Waals surface area (Å²) in [7, 11) is 0. The molecule has 0 aliphatic rings. The molecule has 0 saturated carbocycles. The number of anilines is 1. The van der Waals surface area contributed by atoms with Gasteiger partial charge in [-0.1, -0.05) is 41.1 Å². The van der Waals surface area contributed by atoms with Crippen LogP contribution in [0.5, 0.6) is 0 Å². The van der Waals surface area contributed by atoms with Gasteiger partial charge in [-0.25, -0.2) is 4.98 Å². The standard InChI is InChI=1S/C22H18ClN3OS/c1-14-6-7-15(2)20-19(14)25-22(28-20)26(13-18-5-3-4-12-24-18)21(27)16-8-10-17(23)11-9-16/h3-12H,13H2,1-2H3. The first kappa shape index (κ1) is 18.6. The third kappa shape index (κ3) is 3.63. The molecule has 0 unspecified atom stereocenters. The van der Waals surface area contributed by atoms with Gasteiger partial charge in [0.05, 0.1) is 22.5 Å². The van der Waals surface area contributed by atoms with Crippen molar-refractivity contribution in [2.24, 2.45) is 0 Å². The van der Waals surface area contributed by atoms with E-state index in [1.807, 2.05) is 25.1 Å². The summed E-state index contributed by atoms with van der Waals surface area (Å²) in [5.41, 5.74) is 4.56. The minimum absolute atomic E-state index is 0.128. The SMILES string of the molecule is Cc1ccc(C)c2sc(N(Cc3ccccn3)C(=O)c3ccc(Cl)cc3)nc12. The summed E-state index contributed by atoms with van der Waals surface area (Å²) in [6.45, 7) is 4.45. The molecule has 4 aromatic rings. The van der Waals surface area contributed by atoms with Gasteiger partial charge in [0.2, 0.25) is 0 Å². The number of halogens is 1. The Hall–Kier alpha value is -2.76. The van der Waals surface area contributed by atoms with E-state index in [4.69, 9.17) is 16.6 Å². The van der Waals surface area contributed by atoms with Crippen LogP contribution < -0.4 is 4.90 Å². The molecule has 0 radical (unpaired) electrons. The smallest absolute Gasteiger partial charge is 0.260 e. The second kappa shape index (κ2) is 7.70. The Morgan fingerprint density at radius 2 is 1.79 bits per heavy atom. The van der Waals surface area contributed by atoms with Crippen molar-refractivity contribution in [1.82, 2.24) is 9.97 Å². The highest BCUT2D eigenvalue weighted by atomic mass is 35.5. The zero-order valence-electron chi connectivity index (χ0n) is 15.5. The Kier molecular flexibility index (Phi) is 5.11. The number of carbonyl (C=O) groups excluding carboxylic acids is 1. The minimum Gasteiger partial charge on any atom is -0.278 e. The van der Waals surface area contributed by atoms with Crippen LogP contribution in [-0.4, -0.2) is 15.9 Å². The Morgan fingerprint density at radius 3 is 2.46 bits per heavy atom. The molecule has 1 amide bonds. The molecule has 0 aliphatic carbocycles. The number of hydrogen-bond donors (Lipinski definition) is 0. The molecule has 0 spiro atoms. The summed E-state index contributed by atoms with van der Waals surface area (Å²) >= 11 is 7.52. The number of amides is 1. The average Bonchev–Trinajstić information content (AvgIpc) is 3.16. The van der Waals surface area contributed by atoms with Crippen molar-refractivity contribution in [3.05, 3.63) is 88.2 Å². The van der Waals surface area contributed by atoms with Gasteiger partial charge in [-0.2, -0.15) is 0 Å². The maximum Gasteiger partial charge on any atom is 0.260 e. The molecule has 0 N–H and O–H groups in total. The predicted molar refractivity (Wildman–Crippen MR) is 115 cm³/mol. The number of nitrogens with zero attached hydrogens (tertiary/aromatic N) is 3. The third-order valence-corrected chi connectivity index (χ3v) is 6.01. The molecule has 2 aromatic carbocycles. The fourth-order valence-corrected chi connectivity index (χ4v) is 4.23. The lowest BCUT2D eigenvalue weighted by Crippen LogP contribution is -2.30. The molecule has 28 heavy (non-hydrogen) atoms. The highest BCUT2D eigenvalue weighted by Gasteiger charge is 2.23. The van der Waals surface area contributed by atoms with Gasteiger partial charge in [0, 0.05) is 16.8 Å². The van der Waals surface area contributed by atoms with E-state index in [2.05, 4.69) is 24.0 Å². The number of thiazole rings is 1. The summed E-state index contributed by atoms with van der Waals surface area (Å²) in [6, 6.07) is 16.8. The van der Waals surface area contributed by atoms with Gasteiger partial charge in [-0.15, -0.1) is 0 Å². The lowest BCUT2D eigenvalue weighted by molar-refractivity contribution is 0.0985. The van der Waals surface area contributed by atoms with E-state index >= 15 is 0 Å². The van der Waals surface area contributed by atoms with Crippen molar-refractivity contribution in [2.45, 2.75) is 20.4 Å². The van der Waals surface area contributed by atoms with Crippen LogP contribution in [0.1, 0.15) is 27.2 Å². The highest BCUT2D eigenvalue weighted by Crippen LogP contribution is 2.34. The number of rotatable bonds is 4. The second-order valence-electron chi connectivity index (χ2n) is 6.59. The van der Waals surface area contributed by atoms with Crippen molar-refractivity contribution < 1.29 is 4.79 Å². The van der Waals surface area contributed by atoms with Gasteiger partial charge in [-0.3, -0.25) is 14.7 Å². The van der Waals surface area contributed by atoms with Crippen LogP contribution in [0.2, 0.25) is 5.02 Å². The first-order valence-corrected chi connectivity index (χ1v) is 10.1. The fraction of sp³-hybridized carbons (Fsp3) is 0.136. The summed E-state index contributed by atoms with van der Waals surface area (Å²) in [5.74, 6) is -0.128. The van der Waals surface area contributed by atoms with Crippen LogP contribution >= 0.6 is 22.9 Å². The van der Waals surface area contributed by atoms with Crippen LogP contribution in [0.25, 0.3) is 10.2 Å². The molecule has 0 saturated heterocycles. The third-order valence-electron chi connectivity index (χ3n) is 4.54. The number of fused-ring (bicyclic) bond motifs is 1. The van der Waals surface area contributed by atoms with Crippen LogP contribution in [0.4, 0.5) is 5.13 Å². The summed E-state index contributed by atoms with van der Waals surface area (Å²) in [5, 5.41) is 1.26. The van der Waals surface area contributed by atoms with E-state index in [1.165, 1.54) is 11.3 Å². The maximum atomic E-state index is 13.3. The molecule has 0 bridgehead atoms. The van der Waals surface area contributed by atoms with Gasteiger partial charge in [0.15, 0.2) is 5.13 Å². The molecule has 2 aromatic heterocycles. The normalized spacial score (nSPS) is 11.0. The van der Waals surface area contributed by atoms with E-state index in [-0.39, 0.29) is 5.91 Å². The van der Waals surface area contributed by atoms with Gasteiger partial charge >= 0.3 is 0 Å². The van der Waals surface area contributed by atoms with E-state index in [0.717, 1.165) is 27.0 Å². The molecule has 6 heteroatoms. The van der Waals surface area contributed by atoms with E-state index in [9.17, 15) is 4.79 Å². The second-order valence-corrected chi connectivity index (χ2v) is 8.01.